The number of carboxylic acid groups (broad SMARTS) is 2. The molecule has 0 bridgehead atoms. The third-order valence-electron chi connectivity index (χ3n) is 10.1. The van der Waals surface area contributed by atoms with Gasteiger partial charge in [-0.15, -0.1) is 0 Å². The first kappa shape index (κ1) is 46.8. The minimum Gasteiger partial charge on any atom is -0.481 e. The van der Waals surface area contributed by atoms with Crippen molar-refractivity contribution in [3.05, 3.63) is 18.2 Å². The molecule has 0 unspecified atom stereocenters. The van der Waals surface area contributed by atoms with Crippen LogP contribution in [0.25, 0.3) is 0 Å². The normalized spacial score (nSPS) is 19.2. The van der Waals surface area contributed by atoms with Gasteiger partial charge in [0.1, 0.15) is 36.3 Å². The molecule has 2 fully saturated rings. The molecule has 2 aliphatic heterocycles. The van der Waals surface area contributed by atoms with Crippen molar-refractivity contribution in [1.29, 1.82) is 0 Å². The SMILES string of the molecule is CC(C)C[C@H](N)C(=O)N[C@@H](Cc1cnc[nH]1)C(=O)N[C@@H](CCC(N)=O)C(=O)N1CCC[C@H]1C(=O)N[C@H](C(=O)N1CCC[C@H]1C(=O)N[C@@H](CCC(=O)O)C(=O)O)C(C)C. The Balaban J connectivity index is 1.78. The van der Waals surface area contributed by atoms with Crippen molar-refractivity contribution in [2.75, 3.05) is 13.1 Å². The van der Waals surface area contributed by atoms with Gasteiger partial charge in [0.2, 0.25) is 41.4 Å². The summed E-state index contributed by atoms with van der Waals surface area (Å²) in [5.41, 5.74) is 12.0. The Morgan fingerprint density at radius 2 is 1.36 bits per heavy atom. The number of rotatable bonds is 22. The lowest BCUT2D eigenvalue weighted by Crippen LogP contribution is -2.60. The molecule has 0 aliphatic carbocycles. The average Bonchev–Trinajstić information content (AvgIpc) is 3.95. The van der Waals surface area contributed by atoms with Crippen LogP contribution in [0.1, 0.15) is 91.2 Å². The quantitative estimate of drug-likeness (QED) is 0.0620. The van der Waals surface area contributed by atoms with Gasteiger partial charge in [0.15, 0.2) is 0 Å². The van der Waals surface area contributed by atoms with E-state index < -0.39 is 108 Å². The number of aromatic amines is 1. The zero-order valence-corrected chi connectivity index (χ0v) is 33.4. The van der Waals surface area contributed by atoms with Crippen LogP contribution in [0.4, 0.5) is 0 Å². The van der Waals surface area contributed by atoms with Crippen LogP contribution in [0.15, 0.2) is 12.5 Å². The summed E-state index contributed by atoms with van der Waals surface area (Å²) in [6.45, 7) is 7.40. The molecule has 58 heavy (non-hydrogen) atoms. The molecule has 322 valence electrons. The summed E-state index contributed by atoms with van der Waals surface area (Å²) in [4.78, 5) is 126. The molecule has 0 aromatic carbocycles. The lowest BCUT2D eigenvalue weighted by molar-refractivity contribution is -0.146. The number of H-pyrrole nitrogens is 1. The lowest BCUT2D eigenvalue weighted by atomic mass is 10.0. The maximum atomic E-state index is 14.2. The highest BCUT2D eigenvalue weighted by Gasteiger charge is 2.43. The van der Waals surface area contributed by atoms with Crippen LogP contribution < -0.4 is 32.7 Å². The fraction of sp³-hybridized carbons (Fsp3) is 0.676. The van der Waals surface area contributed by atoms with Gasteiger partial charge in [0.25, 0.3) is 0 Å². The van der Waals surface area contributed by atoms with Crippen molar-refractivity contribution in [1.82, 2.24) is 41.0 Å². The predicted molar refractivity (Wildman–Crippen MR) is 205 cm³/mol. The zero-order chi connectivity index (χ0) is 43.3. The molecule has 21 nitrogen and oxygen atoms in total. The third-order valence-corrected chi connectivity index (χ3v) is 10.1. The Morgan fingerprint density at radius 1 is 0.793 bits per heavy atom. The van der Waals surface area contributed by atoms with Crippen LogP contribution >= 0.6 is 0 Å². The molecule has 21 heteroatoms. The first-order valence-electron chi connectivity index (χ1n) is 19.6. The molecule has 2 saturated heterocycles. The number of aliphatic carboxylic acids is 2. The van der Waals surface area contributed by atoms with Crippen molar-refractivity contribution < 1.29 is 53.4 Å². The van der Waals surface area contributed by atoms with Crippen molar-refractivity contribution >= 4 is 53.3 Å². The van der Waals surface area contributed by atoms with E-state index in [0.717, 1.165) is 0 Å². The molecule has 0 spiro atoms. The number of hydrogen-bond acceptors (Lipinski definition) is 11. The highest BCUT2D eigenvalue weighted by molar-refractivity contribution is 5.97. The van der Waals surface area contributed by atoms with Gasteiger partial charge in [0, 0.05) is 44.2 Å². The van der Waals surface area contributed by atoms with E-state index in [2.05, 4.69) is 31.2 Å². The summed E-state index contributed by atoms with van der Waals surface area (Å²) < 4.78 is 0. The van der Waals surface area contributed by atoms with E-state index in [4.69, 9.17) is 16.6 Å². The number of nitrogens with one attached hydrogen (secondary N) is 5. The molecule has 3 heterocycles. The average molecular weight is 819 g/mol. The van der Waals surface area contributed by atoms with Crippen molar-refractivity contribution in [3.63, 3.8) is 0 Å². The van der Waals surface area contributed by atoms with Crippen molar-refractivity contribution in [3.8, 4) is 0 Å². The number of carboxylic acids is 2. The zero-order valence-electron chi connectivity index (χ0n) is 33.4. The largest absolute Gasteiger partial charge is 0.481 e. The van der Waals surface area contributed by atoms with Crippen LogP contribution in [0, 0.1) is 11.8 Å². The van der Waals surface area contributed by atoms with Gasteiger partial charge in [-0.05, 0) is 56.8 Å². The van der Waals surface area contributed by atoms with E-state index in [0.29, 0.717) is 25.0 Å². The number of likely N-dealkylation sites (tertiary alicyclic amines) is 2. The monoisotopic (exact) mass is 818 g/mol. The fourth-order valence-corrected chi connectivity index (χ4v) is 7.08. The van der Waals surface area contributed by atoms with Gasteiger partial charge >= 0.3 is 11.9 Å². The number of nitrogens with two attached hydrogens (primary N) is 2. The number of nitrogens with zero attached hydrogens (tertiary/aromatic N) is 3. The second-order valence-corrected chi connectivity index (χ2v) is 15.6. The summed E-state index contributed by atoms with van der Waals surface area (Å²) in [7, 11) is 0. The number of carbonyl (C=O) groups excluding carboxylic acids is 7. The lowest BCUT2D eigenvalue weighted by Gasteiger charge is -2.33. The molecule has 2 aliphatic rings. The Morgan fingerprint density at radius 3 is 1.88 bits per heavy atom. The number of hydrogen-bond donors (Lipinski definition) is 9. The van der Waals surface area contributed by atoms with E-state index in [1.54, 1.807) is 13.8 Å². The number of imidazole rings is 1. The van der Waals surface area contributed by atoms with Gasteiger partial charge < -0.3 is 57.7 Å². The minimum atomic E-state index is -1.49. The summed E-state index contributed by atoms with van der Waals surface area (Å²) >= 11 is 0. The Kier molecular flexibility index (Phi) is 17.6. The van der Waals surface area contributed by atoms with Crippen LogP contribution in [0.3, 0.4) is 0 Å². The highest BCUT2D eigenvalue weighted by atomic mass is 16.4. The molecule has 0 saturated carbocycles. The molecule has 1 aromatic heterocycles. The smallest absolute Gasteiger partial charge is 0.326 e. The summed E-state index contributed by atoms with van der Waals surface area (Å²) in [6, 6.07) is -8.24. The molecule has 1 aromatic rings. The molecule has 0 radical (unpaired) electrons. The molecule has 7 atom stereocenters. The molecule has 3 rings (SSSR count). The summed E-state index contributed by atoms with van der Waals surface area (Å²) in [6.07, 6.45) is 3.05. The fourth-order valence-electron chi connectivity index (χ4n) is 7.08. The van der Waals surface area contributed by atoms with Crippen LogP contribution in [-0.2, 0) is 49.6 Å². The van der Waals surface area contributed by atoms with E-state index in [9.17, 15) is 48.3 Å². The predicted octanol–water partition coefficient (Wildman–Crippen LogP) is -1.88. The summed E-state index contributed by atoms with van der Waals surface area (Å²) in [5.74, 6) is -7.85. The van der Waals surface area contributed by atoms with Crippen molar-refractivity contribution in [2.24, 2.45) is 23.3 Å². The standard InChI is InChI=1S/C37H58N10O11/c1-19(2)15-22(38)31(51)44-25(16-21-17-40-18-41-21)32(52)42-23(9-11-28(39)48)35(55)46-13-5-8-27(46)34(54)45-30(20(3)4)36(56)47-14-6-7-26(47)33(53)43-24(37(57)58)10-12-29(49)50/h17-20,22-27,30H,5-16,38H2,1-4H3,(H2,39,48)(H,40,41)(H,42,52)(H,43,53)(H,44,51)(H,45,54)(H,49,50)(H,57,58)/t22-,23-,24-,25-,26-,27-,30-/m0/s1. The second-order valence-electron chi connectivity index (χ2n) is 15.6. The van der Waals surface area contributed by atoms with Crippen LogP contribution in [0.2, 0.25) is 0 Å². The van der Waals surface area contributed by atoms with Gasteiger partial charge in [-0.3, -0.25) is 38.4 Å². The Labute approximate surface area is 336 Å². The molecular formula is C37H58N10O11. The van der Waals surface area contributed by atoms with Gasteiger partial charge in [-0.2, -0.15) is 0 Å². The van der Waals surface area contributed by atoms with E-state index in [-0.39, 0.29) is 57.5 Å². The van der Waals surface area contributed by atoms with E-state index in [1.807, 2.05) is 13.8 Å². The topological polar surface area (TPSA) is 329 Å². The number of carbonyl (C=O) groups is 9. The van der Waals surface area contributed by atoms with Gasteiger partial charge in [-0.1, -0.05) is 27.7 Å². The maximum absolute atomic E-state index is 14.2. The molecule has 11 N–H and O–H groups in total. The Bertz CT molecular complexity index is 1650. The highest BCUT2D eigenvalue weighted by Crippen LogP contribution is 2.24. The third kappa shape index (κ3) is 13.5. The van der Waals surface area contributed by atoms with Crippen LogP contribution in [-0.4, -0.2) is 139 Å². The number of aromatic nitrogens is 2. The van der Waals surface area contributed by atoms with Crippen LogP contribution in [0.5, 0.6) is 0 Å². The van der Waals surface area contributed by atoms with E-state index in [1.165, 1.54) is 22.3 Å². The van der Waals surface area contributed by atoms with Gasteiger partial charge in [-0.25, -0.2) is 9.78 Å². The number of amides is 7. The first-order chi connectivity index (χ1) is 27.3. The minimum absolute atomic E-state index is 0.0353. The Hall–Kier alpha value is -5.60. The maximum Gasteiger partial charge on any atom is 0.326 e. The van der Waals surface area contributed by atoms with E-state index >= 15 is 0 Å². The first-order valence-corrected chi connectivity index (χ1v) is 19.6. The summed E-state index contributed by atoms with van der Waals surface area (Å²) in [5, 5.41) is 28.9. The van der Waals surface area contributed by atoms with Gasteiger partial charge in [0.05, 0.1) is 12.4 Å². The second kappa shape index (κ2) is 21.8. The molecule has 7 amide bonds. The molecular weight excluding hydrogens is 760 g/mol. The number of primary amides is 1. The van der Waals surface area contributed by atoms with Crippen molar-refractivity contribution in [2.45, 2.75) is 134 Å².